The van der Waals surface area contributed by atoms with Crippen molar-refractivity contribution >= 4 is 37.2 Å². The molecule has 0 atom stereocenters. The first kappa shape index (κ1) is 26.7. The lowest BCUT2D eigenvalue weighted by atomic mass is 10.1. The number of rotatable bonds is 10. The minimum atomic E-state index is -3.43. The zero-order valence-electron chi connectivity index (χ0n) is 18.0. The van der Waals surface area contributed by atoms with Crippen molar-refractivity contribution in [1.82, 2.24) is 0 Å². The summed E-state index contributed by atoms with van der Waals surface area (Å²) in [7, 11) is -6.86. The highest BCUT2D eigenvalue weighted by molar-refractivity contribution is 7.90. The highest BCUT2D eigenvalue weighted by atomic mass is 32.2. The van der Waals surface area contributed by atoms with Crippen LogP contribution in [0, 0.1) is 20.2 Å². The first-order valence-corrected chi connectivity index (χ1v) is 13.6. The maximum absolute atomic E-state index is 12.4. The van der Waals surface area contributed by atoms with Crippen molar-refractivity contribution in [2.24, 2.45) is 0 Å². The number of benzene rings is 2. The molecular formula is C19H20N2O11S2. The second kappa shape index (κ2) is 10.6. The Morgan fingerprint density at radius 1 is 0.765 bits per heavy atom. The van der Waals surface area contributed by atoms with Crippen molar-refractivity contribution in [3.63, 3.8) is 0 Å². The molecule has 0 bridgehead atoms. The zero-order valence-corrected chi connectivity index (χ0v) is 19.6. The van der Waals surface area contributed by atoms with Gasteiger partial charge < -0.3 is 9.47 Å². The molecule has 0 unspecified atom stereocenters. The van der Waals surface area contributed by atoms with Gasteiger partial charge in [0.1, 0.15) is 31.2 Å². The summed E-state index contributed by atoms with van der Waals surface area (Å²) >= 11 is 0. The smallest absolute Gasteiger partial charge is 0.394 e. The molecule has 184 valence electrons. The molecular weight excluding hydrogens is 496 g/mol. The van der Waals surface area contributed by atoms with Crippen molar-refractivity contribution in [3.05, 3.63) is 67.8 Å². The number of nitrogens with zero attached hydrogens (tertiary/aromatic N) is 2. The van der Waals surface area contributed by atoms with Crippen LogP contribution in [0.2, 0.25) is 0 Å². The number of sulfone groups is 2. The normalized spacial score (nSPS) is 11.6. The predicted octanol–water partition coefficient (Wildman–Crippen LogP) is 2.25. The van der Waals surface area contributed by atoms with E-state index in [9.17, 15) is 41.9 Å². The van der Waals surface area contributed by atoms with E-state index in [2.05, 4.69) is 0 Å². The molecule has 0 heterocycles. The van der Waals surface area contributed by atoms with Crippen LogP contribution in [0.4, 0.5) is 16.2 Å². The van der Waals surface area contributed by atoms with Crippen LogP contribution in [0.5, 0.6) is 11.5 Å². The van der Waals surface area contributed by atoms with Gasteiger partial charge in [-0.05, 0) is 25.0 Å². The van der Waals surface area contributed by atoms with Crippen LogP contribution in [-0.2, 0) is 32.5 Å². The molecule has 0 N–H and O–H groups in total. The average Bonchev–Trinajstić information content (AvgIpc) is 2.70. The van der Waals surface area contributed by atoms with E-state index in [0.29, 0.717) is 0 Å². The topological polar surface area (TPSA) is 190 Å². The van der Waals surface area contributed by atoms with Gasteiger partial charge in [-0.3, -0.25) is 20.2 Å². The molecule has 0 aromatic heterocycles. The van der Waals surface area contributed by atoms with Gasteiger partial charge >= 0.3 is 6.16 Å². The Balaban J connectivity index is 2.30. The lowest BCUT2D eigenvalue weighted by Crippen LogP contribution is -2.17. The summed E-state index contributed by atoms with van der Waals surface area (Å²) in [5.74, 6) is -1.09. The Hall–Kier alpha value is -3.59. The van der Waals surface area contributed by atoms with Crippen LogP contribution in [0.25, 0.3) is 0 Å². The van der Waals surface area contributed by atoms with Crippen LogP contribution < -0.4 is 9.47 Å². The molecule has 13 nitrogen and oxygen atoms in total. The molecule has 0 radical (unpaired) electrons. The second-order valence-corrected chi connectivity index (χ2v) is 11.8. The lowest BCUT2D eigenvalue weighted by Gasteiger charge is -2.12. The van der Waals surface area contributed by atoms with Crippen molar-refractivity contribution in [1.29, 1.82) is 0 Å². The Bertz CT molecular complexity index is 1230. The quantitative estimate of drug-likeness (QED) is 0.195. The molecule has 15 heteroatoms. The molecule has 0 saturated heterocycles. The molecule has 0 aliphatic carbocycles. The van der Waals surface area contributed by atoms with Gasteiger partial charge in [0.15, 0.2) is 0 Å². The van der Waals surface area contributed by atoms with Crippen LogP contribution in [0.3, 0.4) is 0 Å². The molecule has 0 saturated carbocycles. The summed E-state index contributed by atoms with van der Waals surface area (Å²) in [5, 5.41) is 22.1. The average molecular weight is 517 g/mol. The monoisotopic (exact) mass is 516 g/mol. The third-order valence-corrected chi connectivity index (χ3v) is 6.27. The van der Waals surface area contributed by atoms with Gasteiger partial charge in [0, 0.05) is 47.9 Å². The molecule has 0 spiro atoms. The number of nitro benzene ring substituents is 2. The number of ether oxygens (including phenoxy) is 2. The van der Waals surface area contributed by atoms with Gasteiger partial charge in [0.05, 0.1) is 21.4 Å². The first-order chi connectivity index (χ1) is 15.6. The fourth-order valence-corrected chi connectivity index (χ4v) is 3.92. The van der Waals surface area contributed by atoms with Gasteiger partial charge in [0.25, 0.3) is 11.4 Å². The minimum absolute atomic E-state index is 0.0672. The van der Waals surface area contributed by atoms with Crippen molar-refractivity contribution < 1.29 is 41.0 Å². The number of nitro groups is 2. The molecule has 2 rings (SSSR count). The maximum atomic E-state index is 12.4. The van der Waals surface area contributed by atoms with Crippen molar-refractivity contribution in [2.75, 3.05) is 24.0 Å². The molecule has 0 amide bonds. The van der Waals surface area contributed by atoms with Crippen LogP contribution in [0.15, 0.2) is 36.4 Å². The zero-order chi connectivity index (χ0) is 25.7. The van der Waals surface area contributed by atoms with Gasteiger partial charge in [-0.15, -0.1) is 0 Å². The number of aryl methyl sites for hydroxylation is 2. The molecule has 0 aliphatic heterocycles. The van der Waals surface area contributed by atoms with Crippen LogP contribution >= 0.6 is 0 Å². The van der Waals surface area contributed by atoms with Gasteiger partial charge in [-0.2, -0.15) is 0 Å². The van der Waals surface area contributed by atoms with E-state index < -0.39 is 35.7 Å². The predicted molar refractivity (Wildman–Crippen MR) is 120 cm³/mol. The van der Waals surface area contributed by atoms with E-state index in [1.54, 1.807) is 0 Å². The summed E-state index contributed by atoms with van der Waals surface area (Å²) in [4.78, 5) is 33.1. The van der Waals surface area contributed by atoms with E-state index in [0.717, 1.165) is 48.9 Å². The summed E-state index contributed by atoms with van der Waals surface area (Å²) < 4.78 is 56.1. The van der Waals surface area contributed by atoms with Crippen LogP contribution in [0.1, 0.15) is 11.1 Å². The van der Waals surface area contributed by atoms with E-state index >= 15 is 0 Å². The number of carbonyl (C=O) groups is 1. The highest BCUT2D eigenvalue weighted by Gasteiger charge is 2.20. The third kappa shape index (κ3) is 8.40. The molecule has 2 aromatic carbocycles. The Morgan fingerprint density at radius 2 is 1.12 bits per heavy atom. The number of hydrogen-bond acceptors (Lipinski definition) is 11. The van der Waals surface area contributed by atoms with E-state index in [1.807, 2.05) is 0 Å². The largest absolute Gasteiger partial charge is 0.519 e. The number of non-ortho nitro benzene ring substituents is 2. The minimum Gasteiger partial charge on any atom is -0.394 e. The second-order valence-electron chi connectivity index (χ2n) is 7.31. The Labute approximate surface area is 194 Å². The molecule has 0 aliphatic rings. The fourth-order valence-electron chi connectivity index (χ4n) is 2.74. The molecule has 34 heavy (non-hydrogen) atoms. The fraction of sp³-hybridized carbons (Fsp3) is 0.316. The number of hydrogen-bond donors (Lipinski definition) is 0. The van der Waals surface area contributed by atoms with Gasteiger partial charge in [0.2, 0.25) is 0 Å². The third-order valence-electron chi connectivity index (χ3n) is 4.38. The van der Waals surface area contributed by atoms with Gasteiger partial charge in [-0.25, -0.2) is 21.6 Å². The summed E-state index contributed by atoms with van der Waals surface area (Å²) in [6, 6.07) is 6.45. The maximum Gasteiger partial charge on any atom is 0.519 e. The standard InChI is InChI=1S/C19H20N2O11S2/c1-33(27,28)9-7-13-11-15(20(23)24)3-5-17(13)31-19(22)32-18-6-4-16(21(25)26)12-14(18)8-10-34(2,29)30/h3-6,11-12H,7-10H2,1-2H3. The summed E-state index contributed by atoms with van der Waals surface area (Å²) in [6.45, 7) is 0. The van der Waals surface area contributed by atoms with Crippen molar-refractivity contribution in [2.45, 2.75) is 12.8 Å². The lowest BCUT2D eigenvalue weighted by molar-refractivity contribution is -0.385. The number of carbonyl (C=O) groups excluding carboxylic acids is 1. The van der Waals surface area contributed by atoms with E-state index in [4.69, 9.17) is 9.47 Å². The Morgan fingerprint density at radius 3 is 1.41 bits per heavy atom. The van der Waals surface area contributed by atoms with Crippen molar-refractivity contribution in [3.8, 4) is 11.5 Å². The van der Waals surface area contributed by atoms with E-state index in [-0.39, 0.29) is 58.3 Å². The van der Waals surface area contributed by atoms with E-state index in [1.165, 1.54) is 0 Å². The first-order valence-electron chi connectivity index (χ1n) is 9.44. The molecule has 0 fully saturated rings. The van der Waals surface area contributed by atoms with Gasteiger partial charge in [-0.1, -0.05) is 0 Å². The summed E-state index contributed by atoms with van der Waals surface area (Å²) in [5.41, 5.74) is -0.555. The van der Waals surface area contributed by atoms with Crippen LogP contribution in [-0.4, -0.2) is 56.9 Å². The highest BCUT2D eigenvalue weighted by Crippen LogP contribution is 2.28. The summed E-state index contributed by atoms with van der Waals surface area (Å²) in [6.07, 6.45) is 0.279. The molecule has 2 aromatic rings. The SMILES string of the molecule is CS(=O)(=O)CCc1cc([N+](=O)[O-])ccc1OC(=O)Oc1ccc([N+](=O)[O-])cc1CCS(C)(=O)=O. The Kier molecular flexibility index (Phi) is 8.28.